The molecule has 0 radical (unpaired) electrons. The van der Waals surface area contributed by atoms with Crippen LogP contribution in [0, 0.1) is 17.7 Å². The van der Waals surface area contributed by atoms with Gasteiger partial charge in [-0.05, 0) is 43.4 Å². The van der Waals surface area contributed by atoms with Crippen LogP contribution in [-0.4, -0.2) is 17.9 Å². The van der Waals surface area contributed by atoms with Crippen molar-refractivity contribution < 1.29 is 14.0 Å². The standard InChI is InChI=1S/C19H25FN2O2/c1-12-10-15(12)18(23)22-17-9-8-13(20)11-16(17)19(24)21-14-6-4-2-3-5-7-14/h8-9,11-12,14-15H,2-7,10H2,1H3,(H,21,24)(H,22,23)/t12-,15+/m1/s1. The number of anilines is 1. The van der Waals surface area contributed by atoms with Gasteiger partial charge in [0.1, 0.15) is 5.82 Å². The van der Waals surface area contributed by atoms with Gasteiger partial charge >= 0.3 is 0 Å². The predicted octanol–water partition coefficient (Wildman–Crippen LogP) is 3.87. The molecule has 2 aliphatic rings. The molecule has 0 aliphatic heterocycles. The molecule has 0 spiro atoms. The van der Waals surface area contributed by atoms with Crippen LogP contribution in [-0.2, 0) is 4.79 Å². The highest BCUT2D eigenvalue weighted by Crippen LogP contribution is 2.38. The van der Waals surface area contributed by atoms with Crippen LogP contribution in [0.5, 0.6) is 0 Å². The van der Waals surface area contributed by atoms with E-state index in [0.717, 1.165) is 32.1 Å². The molecular weight excluding hydrogens is 307 g/mol. The van der Waals surface area contributed by atoms with E-state index in [2.05, 4.69) is 10.6 Å². The molecule has 2 aliphatic carbocycles. The number of nitrogens with one attached hydrogen (secondary N) is 2. The Hall–Kier alpha value is -1.91. The van der Waals surface area contributed by atoms with E-state index in [9.17, 15) is 14.0 Å². The van der Waals surface area contributed by atoms with Crippen LogP contribution in [0.4, 0.5) is 10.1 Å². The van der Waals surface area contributed by atoms with Crippen molar-refractivity contribution in [2.75, 3.05) is 5.32 Å². The third kappa shape index (κ3) is 4.13. The lowest BCUT2D eigenvalue weighted by Gasteiger charge is -2.18. The molecule has 2 saturated carbocycles. The van der Waals surface area contributed by atoms with Gasteiger partial charge in [0.25, 0.3) is 5.91 Å². The van der Waals surface area contributed by atoms with Crippen molar-refractivity contribution >= 4 is 17.5 Å². The molecule has 2 N–H and O–H groups in total. The normalized spacial score (nSPS) is 24.1. The highest BCUT2D eigenvalue weighted by atomic mass is 19.1. The van der Waals surface area contributed by atoms with E-state index in [0.29, 0.717) is 11.6 Å². The second-order valence-corrected chi connectivity index (χ2v) is 7.16. The third-order valence-electron chi connectivity index (χ3n) is 5.12. The molecule has 0 bridgehead atoms. The van der Waals surface area contributed by atoms with Gasteiger partial charge in [0, 0.05) is 12.0 Å². The van der Waals surface area contributed by atoms with Crippen molar-refractivity contribution in [1.29, 1.82) is 0 Å². The molecule has 5 heteroatoms. The molecule has 2 amide bonds. The van der Waals surface area contributed by atoms with E-state index < -0.39 is 5.82 Å². The summed E-state index contributed by atoms with van der Waals surface area (Å²) in [6.45, 7) is 2.02. The highest BCUT2D eigenvalue weighted by Gasteiger charge is 2.39. The van der Waals surface area contributed by atoms with Crippen molar-refractivity contribution in [3.8, 4) is 0 Å². The van der Waals surface area contributed by atoms with Gasteiger partial charge in [-0.15, -0.1) is 0 Å². The Bertz CT molecular complexity index is 624. The summed E-state index contributed by atoms with van der Waals surface area (Å²) in [6, 6.07) is 4.09. The average molecular weight is 332 g/mol. The molecule has 0 aromatic heterocycles. The molecule has 1 aromatic carbocycles. The number of halogens is 1. The maximum atomic E-state index is 13.6. The fraction of sp³-hybridized carbons (Fsp3) is 0.579. The minimum Gasteiger partial charge on any atom is -0.349 e. The zero-order chi connectivity index (χ0) is 17.1. The number of carbonyl (C=O) groups excluding carboxylic acids is 2. The Balaban J connectivity index is 1.71. The molecule has 0 unspecified atom stereocenters. The van der Waals surface area contributed by atoms with E-state index in [1.165, 1.54) is 31.0 Å². The zero-order valence-electron chi connectivity index (χ0n) is 14.1. The van der Waals surface area contributed by atoms with Crippen molar-refractivity contribution in [1.82, 2.24) is 5.32 Å². The summed E-state index contributed by atoms with van der Waals surface area (Å²) in [4.78, 5) is 24.7. The maximum absolute atomic E-state index is 13.6. The number of amides is 2. The molecular formula is C19H25FN2O2. The van der Waals surface area contributed by atoms with E-state index in [1.807, 2.05) is 6.92 Å². The summed E-state index contributed by atoms with van der Waals surface area (Å²) >= 11 is 0. The molecule has 2 fully saturated rings. The molecule has 4 nitrogen and oxygen atoms in total. The molecule has 1 aromatic rings. The van der Waals surface area contributed by atoms with Crippen LogP contribution < -0.4 is 10.6 Å². The first kappa shape index (κ1) is 16.9. The minimum atomic E-state index is -0.473. The maximum Gasteiger partial charge on any atom is 0.253 e. The van der Waals surface area contributed by atoms with E-state index >= 15 is 0 Å². The van der Waals surface area contributed by atoms with Crippen LogP contribution in [0.1, 0.15) is 62.2 Å². The Morgan fingerprint density at radius 2 is 1.79 bits per heavy atom. The molecule has 24 heavy (non-hydrogen) atoms. The van der Waals surface area contributed by atoms with Gasteiger partial charge in [-0.1, -0.05) is 32.6 Å². The highest BCUT2D eigenvalue weighted by molar-refractivity contribution is 6.04. The quantitative estimate of drug-likeness (QED) is 0.822. The largest absolute Gasteiger partial charge is 0.349 e. The second-order valence-electron chi connectivity index (χ2n) is 7.16. The van der Waals surface area contributed by atoms with Crippen molar-refractivity contribution in [3.05, 3.63) is 29.6 Å². The van der Waals surface area contributed by atoms with E-state index in [1.54, 1.807) is 0 Å². The number of hydrogen-bond acceptors (Lipinski definition) is 2. The summed E-state index contributed by atoms with van der Waals surface area (Å²) in [5.41, 5.74) is 0.604. The summed E-state index contributed by atoms with van der Waals surface area (Å²) in [6.07, 6.45) is 7.41. The van der Waals surface area contributed by atoms with Gasteiger partial charge in [-0.25, -0.2) is 4.39 Å². The van der Waals surface area contributed by atoms with Gasteiger partial charge in [0.2, 0.25) is 5.91 Å². The van der Waals surface area contributed by atoms with Crippen LogP contribution in [0.3, 0.4) is 0 Å². The molecule has 0 saturated heterocycles. The molecule has 130 valence electrons. The monoisotopic (exact) mass is 332 g/mol. The van der Waals surface area contributed by atoms with Crippen LogP contribution in [0.25, 0.3) is 0 Å². The number of carbonyl (C=O) groups is 2. The smallest absolute Gasteiger partial charge is 0.253 e. The Morgan fingerprint density at radius 1 is 1.12 bits per heavy atom. The fourth-order valence-electron chi connectivity index (χ4n) is 3.41. The Morgan fingerprint density at radius 3 is 2.42 bits per heavy atom. The number of hydrogen-bond donors (Lipinski definition) is 2. The van der Waals surface area contributed by atoms with Crippen LogP contribution in [0.15, 0.2) is 18.2 Å². The predicted molar refractivity (Wildman–Crippen MR) is 91.3 cm³/mol. The van der Waals surface area contributed by atoms with Gasteiger partial charge in [0.05, 0.1) is 11.3 Å². The molecule has 3 rings (SSSR count). The van der Waals surface area contributed by atoms with Gasteiger partial charge in [-0.3, -0.25) is 9.59 Å². The lowest BCUT2D eigenvalue weighted by molar-refractivity contribution is -0.117. The van der Waals surface area contributed by atoms with E-state index in [4.69, 9.17) is 0 Å². The first-order valence-corrected chi connectivity index (χ1v) is 8.96. The zero-order valence-corrected chi connectivity index (χ0v) is 14.1. The van der Waals surface area contributed by atoms with Crippen molar-refractivity contribution in [2.45, 2.75) is 57.9 Å². The summed E-state index contributed by atoms with van der Waals surface area (Å²) in [5, 5.41) is 5.81. The Labute approximate surface area is 142 Å². The summed E-state index contributed by atoms with van der Waals surface area (Å²) < 4.78 is 13.6. The van der Waals surface area contributed by atoms with Crippen LogP contribution in [0.2, 0.25) is 0 Å². The van der Waals surface area contributed by atoms with Gasteiger partial charge in [-0.2, -0.15) is 0 Å². The topological polar surface area (TPSA) is 58.2 Å². The average Bonchev–Trinajstić information content (AvgIpc) is 3.32. The Kier molecular flexibility index (Phi) is 5.17. The van der Waals surface area contributed by atoms with Gasteiger partial charge in [0.15, 0.2) is 0 Å². The second kappa shape index (κ2) is 7.32. The summed E-state index contributed by atoms with van der Waals surface area (Å²) in [7, 11) is 0. The lowest BCUT2D eigenvalue weighted by atomic mass is 10.1. The number of benzene rings is 1. The summed E-state index contributed by atoms with van der Waals surface area (Å²) in [5.74, 6) is -0.474. The van der Waals surface area contributed by atoms with Gasteiger partial charge < -0.3 is 10.6 Å². The third-order valence-corrected chi connectivity index (χ3v) is 5.12. The molecule has 2 atom stereocenters. The number of rotatable bonds is 4. The van der Waals surface area contributed by atoms with Crippen LogP contribution >= 0.6 is 0 Å². The lowest BCUT2D eigenvalue weighted by Crippen LogP contribution is -2.35. The van der Waals surface area contributed by atoms with Crippen molar-refractivity contribution in [2.24, 2.45) is 11.8 Å². The van der Waals surface area contributed by atoms with E-state index in [-0.39, 0.29) is 29.3 Å². The molecule has 0 heterocycles. The fourth-order valence-corrected chi connectivity index (χ4v) is 3.41. The first-order chi connectivity index (χ1) is 11.5. The minimum absolute atomic E-state index is 0.00724. The SMILES string of the molecule is C[C@@H]1C[C@@H]1C(=O)Nc1ccc(F)cc1C(=O)NC1CCCCCC1. The van der Waals surface area contributed by atoms with Crippen molar-refractivity contribution in [3.63, 3.8) is 0 Å². The first-order valence-electron chi connectivity index (χ1n) is 8.96.